The van der Waals surface area contributed by atoms with Crippen LogP contribution in [0.2, 0.25) is 0 Å². The molecule has 0 aromatic rings. The van der Waals surface area contributed by atoms with Gasteiger partial charge in [0, 0.05) is 6.42 Å². The fourth-order valence-corrected chi connectivity index (χ4v) is 0.604. The maximum absolute atomic E-state index is 10.4. The zero-order chi connectivity index (χ0) is 9.40. The Bertz CT molecular complexity index is 109. The second kappa shape index (κ2) is 7.14. The van der Waals surface area contributed by atoms with Crippen LogP contribution in [0.3, 0.4) is 0 Å². The minimum atomic E-state index is -0.0880. The Hall–Kier alpha value is -0.530. The molecule has 1 fully saturated rings. The number of hydrogen-bond donors (Lipinski definition) is 0. The van der Waals surface area contributed by atoms with Gasteiger partial charge in [0.05, 0.1) is 6.61 Å². The summed E-state index contributed by atoms with van der Waals surface area (Å²) < 4.78 is 4.64. The highest BCUT2D eigenvalue weighted by Gasteiger charge is 2.12. The standard InChI is InChI=1S/C6H12O2.C4H8/c1-3-5-6(7)8-4-2;1-4-2-3-4/h3-5H2,1-2H3;4H,2-3H2,1H3. The van der Waals surface area contributed by atoms with Crippen LogP contribution < -0.4 is 0 Å². The van der Waals surface area contributed by atoms with Gasteiger partial charge in [-0.3, -0.25) is 4.79 Å². The zero-order valence-electron chi connectivity index (χ0n) is 8.43. The van der Waals surface area contributed by atoms with Crippen molar-refractivity contribution >= 4 is 5.97 Å². The average Bonchev–Trinajstić information content (AvgIpc) is 2.74. The van der Waals surface area contributed by atoms with E-state index in [9.17, 15) is 4.79 Å². The smallest absolute Gasteiger partial charge is 0.305 e. The van der Waals surface area contributed by atoms with Gasteiger partial charge in [-0.15, -0.1) is 0 Å². The van der Waals surface area contributed by atoms with E-state index >= 15 is 0 Å². The lowest BCUT2D eigenvalue weighted by Crippen LogP contribution is -2.01. The lowest BCUT2D eigenvalue weighted by molar-refractivity contribution is -0.143. The zero-order valence-corrected chi connectivity index (χ0v) is 8.43. The van der Waals surface area contributed by atoms with E-state index < -0.39 is 0 Å². The molecule has 0 radical (unpaired) electrons. The summed E-state index contributed by atoms with van der Waals surface area (Å²) in [5, 5.41) is 0. The van der Waals surface area contributed by atoms with Crippen molar-refractivity contribution in [2.24, 2.45) is 5.92 Å². The van der Waals surface area contributed by atoms with E-state index in [1.54, 1.807) is 0 Å². The quantitative estimate of drug-likeness (QED) is 0.612. The first-order valence-corrected chi connectivity index (χ1v) is 4.86. The third-order valence-electron chi connectivity index (χ3n) is 1.63. The van der Waals surface area contributed by atoms with Gasteiger partial charge in [0.1, 0.15) is 0 Å². The first-order chi connectivity index (χ1) is 5.70. The van der Waals surface area contributed by atoms with Crippen LogP contribution in [0.5, 0.6) is 0 Å². The Morgan fingerprint density at radius 3 is 2.17 bits per heavy atom. The minimum absolute atomic E-state index is 0.0880. The highest BCUT2D eigenvalue weighted by molar-refractivity contribution is 5.69. The van der Waals surface area contributed by atoms with Crippen molar-refractivity contribution in [3.05, 3.63) is 0 Å². The van der Waals surface area contributed by atoms with Crippen molar-refractivity contribution < 1.29 is 9.53 Å². The predicted octanol–water partition coefficient (Wildman–Crippen LogP) is 2.77. The molecule has 2 nitrogen and oxygen atoms in total. The Morgan fingerprint density at radius 2 is 1.92 bits per heavy atom. The second-order valence-corrected chi connectivity index (χ2v) is 3.24. The molecule has 1 rings (SSSR count). The summed E-state index contributed by atoms with van der Waals surface area (Å²) in [6.07, 6.45) is 4.40. The third kappa shape index (κ3) is 9.47. The fraction of sp³-hybridized carbons (Fsp3) is 0.900. The van der Waals surface area contributed by atoms with Crippen molar-refractivity contribution in [3.8, 4) is 0 Å². The summed E-state index contributed by atoms with van der Waals surface area (Å²) in [7, 11) is 0. The SMILES string of the molecule is CC1CC1.CCCC(=O)OCC. The number of esters is 1. The lowest BCUT2D eigenvalue weighted by atomic mass is 10.3. The Labute approximate surface area is 75.3 Å². The van der Waals surface area contributed by atoms with Crippen molar-refractivity contribution in [2.45, 2.75) is 46.5 Å². The van der Waals surface area contributed by atoms with E-state index in [2.05, 4.69) is 11.7 Å². The molecular weight excluding hydrogens is 152 g/mol. The van der Waals surface area contributed by atoms with E-state index in [1.807, 2.05) is 13.8 Å². The third-order valence-corrected chi connectivity index (χ3v) is 1.63. The average molecular weight is 172 g/mol. The number of carbonyl (C=O) groups is 1. The van der Waals surface area contributed by atoms with Crippen LogP contribution >= 0.6 is 0 Å². The summed E-state index contributed by atoms with van der Waals surface area (Å²) in [5.41, 5.74) is 0. The highest BCUT2D eigenvalue weighted by atomic mass is 16.5. The summed E-state index contributed by atoms with van der Waals surface area (Å²) >= 11 is 0. The number of hydrogen-bond acceptors (Lipinski definition) is 2. The molecule has 0 saturated heterocycles. The molecule has 0 spiro atoms. The van der Waals surface area contributed by atoms with Gasteiger partial charge in [-0.2, -0.15) is 0 Å². The molecule has 0 atom stereocenters. The van der Waals surface area contributed by atoms with E-state index in [0.717, 1.165) is 12.3 Å². The van der Waals surface area contributed by atoms with Gasteiger partial charge in [-0.25, -0.2) is 0 Å². The number of carbonyl (C=O) groups excluding carboxylic acids is 1. The van der Waals surface area contributed by atoms with E-state index in [-0.39, 0.29) is 5.97 Å². The number of rotatable bonds is 3. The second-order valence-electron chi connectivity index (χ2n) is 3.24. The molecule has 0 aliphatic heterocycles. The van der Waals surface area contributed by atoms with Gasteiger partial charge in [-0.05, 0) is 19.3 Å². The largest absolute Gasteiger partial charge is 0.466 e. The monoisotopic (exact) mass is 172 g/mol. The van der Waals surface area contributed by atoms with Crippen molar-refractivity contribution in [2.75, 3.05) is 6.61 Å². The molecule has 1 aliphatic rings. The Kier molecular flexibility index (Phi) is 6.82. The molecule has 12 heavy (non-hydrogen) atoms. The number of ether oxygens (including phenoxy) is 1. The van der Waals surface area contributed by atoms with Crippen LogP contribution in [0.15, 0.2) is 0 Å². The Morgan fingerprint density at radius 1 is 1.42 bits per heavy atom. The van der Waals surface area contributed by atoms with Crippen molar-refractivity contribution in [3.63, 3.8) is 0 Å². The first kappa shape index (κ1) is 11.5. The maximum Gasteiger partial charge on any atom is 0.305 e. The molecular formula is C10H20O2. The normalized spacial score (nSPS) is 14.6. The first-order valence-electron chi connectivity index (χ1n) is 4.86. The molecule has 1 aliphatic carbocycles. The molecule has 0 N–H and O–H groups in total. The van der Waals surface area contributed by atoms with Gasteiger partial charge in [-0.1, -0.05) is 26.7 Å². The summed E-state index contributed by atoms with van der Waals surface area (Å²) in [5.74, 6) is 0.995. The van der Waals surface area contributed by atoms with Gasteiger partial charge in [0.15, 0.2) is 0 Å². The summed E-state index contributed by atoms with van der Waals surface area (Å²) in [6, 6.07) is 0. The fourth-order valence-electron chi connectivity index (χ4n) is 0.604. The Balaban J connectivity index is 0.000000247. The van der Waals surface area contributed by atoms with Gasteiger partial charge in [0.2, 0.25) is 0 Å². The van der Waals surface area contributed by atoms with Crippen molar-refractivity contribution in [1.29, 1.82) is 0 Å². The maximum atomic E-state index is 10.4. The van der Waals surface area contributed by atoms with E-state index in [1.165, 1.54) is 12.8 Å². The van der Waals surface area contributed by atoms with Crippen molar-refractivity contribution in [1.82, 2.24) is 0 Å². The molecule has 2 heteroatoms. The lowest BCUT2D eigenvalue weighted by Gasteiger charge is -1.96. The van der Waals surface area contributed by atoms with Crippen LogP contribution in [0.4, 0.5) is 0 Å². The summed E-state index contributed by atoms with van der Waals surface area (Å²) in [6.45, 7) is 6.54. The molecule has 72 valence electrons. The molecule has 0 amide bonds. The molecule has 0 bridgehead atoms. The topological polar surface area (TPSA) is 26.3 Å². The van der Waals surface area contributed by atoms with Crippen LogP contribution in [0, 0.1) is 5.92 Å². The van der Waals surface area contributed by atoms with Gasteiger partial charge in [0.25, 0.3) is 0 Å². The molecule has 0 aromatic heterocycles. The van der Waals surface area contributed by atoms with Crippen LogP contribution in [-0.4, -0.2) is 12.6 Å². The molecule has 0 aromatic carbocycles. The van der Waals surface area contributed by atoms with E-state index in [0.29, 0.717) is 13.0 Å². The molecule has 1 saturated carbocycles. The van der Waals surface area contributed by atoms with E-state index in [4.69, 9.17) is 0 Å². The van der Waals surface area contributed by atoms with Crippen LogP contribution in [0.1, 0.15) is 46.5 Å². The summed E-state index contributed by atoms with van der Waals surface area (Å²) in [4.78, 5) is 10.4. The van der Waals surface area contributed by atoms with Gasteiger partial charge >= 0.3 is 5.97 Å². The molecule has 0 heterocycles. The van der Waals surface area contributed by atoms with Gasteiger partial charge < -0.3 is 4.74 Å². The molecule has 0 unspecified atom stereocenters. The minimum Gasteiger partial charge on any atom is -0.466 e. The van der Waals surface area contributed by atoms with Crippen LogP contribution in [-0.2, 0) is 9.53 Å². The van der Waals surface area contributed by atoms with Crippen LogP contribution in [0.25, 0.3) is 0 Å². The highest BCUT2D eigenvalue weighted by Crippen LogP contribution is 2.26. The predicted molar refractivity (Wildman–Crippen MR) is 49.9 cm³/mol.